The van der Waals surface area contributed by atoms with Crippen molar-refractivity contribution in [3.8, 4) is 11.4 Å². The Kier molecular flexibility index (Phi) is 3.15. The SMILES string of the molecule is CC(C)(C)n1c(-c2ccsc2)nc2cc(CN)ccc21. The van der Waals surface area contributed by atoms with E-state index in [0.717, 1.165) is 22.4 Å². The summed E-state index contributed by atoms with van der Waals surface area (Å²) in [5.74, 6) is 1.03. The van der Waals surface area contributed by atoms with Gasteiger partial charge < -0.3 is 10.3 Å². The molecule has 0 saturated carbocycles. The molecule has 0 spiro atoms. The first kappa shape index (κ1) is 13.3. The molecule has 2 heterocycles. The minimum atomic E-state index is -0.0176. The van der Waals surface area contributed by atoms with Gasteiger partial charge in [-0.1, -0.05) is 6.07 Å². The van der Waals surface area contributed by atoms with Crippen LogP contribution in [0.2, 0.25) is 0 Å². The fraction of sp³-hybridized carbons (Fsp3) is 0.312. The maximum atomic E-state index is 5.73. The van der Waals surface area contributed by atoms with Crippen molar-refractivity contribution in [2.24, 2.45) is 5.73 Å². The molecule has 0 saturated heterocycles. The van der Waals surface area contributed by atoms with E-state index in [1.807, 2.05) is 0 Å². The molecular formula is C16H19N3S. The van der Waals surface area contributed by atoms with Crippen LogP contribution in [-0.4, -0.2) is 9.55 Å². The molecule has 0 aliphatic heterocycles. The van der Waals surface area contributed by atoms with Gasteiger partial charge >= 0.3 is 0 Å². The van der Waals surface area contributed by atoms with Crippen LogP contribution in [-0.2, 0) is 12.1 Å². The first-order valence-electron chi connectivity index (χ1n) is 6.75. The largest absolute Gasteiger partial charge is 0.326 e. The van der Waals surface area contributed by atoms with E-state index < -0.39 is 0 Å². The fourth-order valence-corrected chi connectivity index (χ4v) is 3.15. The van der Waals surface area contributed by atoms with E-state index >= 15 is 0 Å². The topological polar surface area (TPSA) is 43.8 Å². The van der Waals surface area contributed by atoms with Crippen molar-refractivity contribution in [1.82, 2.24) is 9.55 Å². The molecule has 0 aliphatic rings. The summed E-state index contributed by atoms with van der Waals surface area (Å²) in [6.45, 7) is 7.18. The smallest absolute Gasteiger partial charge is 0.142 e. The van der Waals surface area contributed by atoms with Gasteiger partial charge in [0.25, 0.3) is 0 Å². The Morgan fingerprint density at radius 1 is 1.25 bits per heavy atom. The van der Waals surface area contributed by atoms with Gasteiger partial charge in [-0.25, -0.2) is 4.98 Å². The van der Waals surface area contributed by atoms with Gasteiger partial charge in [-0.05, 0) is 49.9 Å². The average molecular weight is 285 g/mol. The molecular weight excluding hydrogens is 266 g/mol. The van der Waals surface area contributed by atoms with E-state index in [1.165, 1.54) is 5.56 Å². The van der Waals surface area contributed by atoms with Crippen LogP contribution in [0, 0.1) is 0 Å². The van der Waals surface area contributed by atoms with E-state index in [0.29, 0.717) is 6.54 Å². The maximum absolute atomic E-state index is 5.73. The Morgan fingerprint density at radius 2 is 2.05 bits per heavy atom. The second kappa shape index (κ2) is 4.72. The average Bonchev–Trinajstić information content (AvgIpc) is 3.03. The number of nitrogens with zero attached hydrogens (tertiary/aromatic N) is 2. The number of benzene rings is 1. The molecule has 3 rings (SSSR count). The highest BCUT2D eigenvalue weighted by atomic mass is 32.1. The summed E-state index contributed by atoms with van der Waals surface area (Å²) in [6, 6.07) is 8.43. The van der Waals surface area contributed by atoms with Crippen molar-refractivity contribution >= 4 is 22.4 Å². The lowest BCUT2D eigenvalue weighted by molar-refractivity contribution is 0.413. The van der Waals surface area contributed by atoms with Crippen molar-refractivity contribution in [3.05, 3.63) is 40.6 Å². The van der Waals surface area contributed by atoms with Crippen molar-refractivity contribution in [2.75, 3.05) is 0 Å². The molecule has 0 atom stereocenters. The normalized spacial score (nSPS) is 12.2. The Balaban J connectivity index is 2.33. The minimum Gasteiger partial charge on any atom is -0.326 e. The van der Waals surface area contributed by atoms with Crippen molar-refractivity contribution in [1.29, 1.82) is 0 Å². The number of hydrogen-bond donors (Lipinski definition) is 1. The zero-order valence-corrected chi connectivity index (χ0v) is 12.9. The summed E-state index contributed by atoms with van der Waals surface area (Å²) in [5.41, 5.74) is 10.2. The van der Waals surface area contributed by atoms with E-state index in [2.05, 4.69) is 60.4 Å². The van der Waals surface area contributed by atoms with Crippen molar-refractivity contribution in [2.45, 2.75) is 32.9 Å². The van der Waals surface area contributed by atoms with Gasteiger partial charge in [0.05, 0.1) is 11.0 Å². The van der Waals surface area contributed by atoms with Crippen molar-refractivity contribution in [3.63, 3.8) is 0 Å². The monoisotopic (exact) mass is 285 g/mol. The number of imidazole rings is 1. The molecule has 0 unspecified atom stereocenters. The van der Waals surface area contributed by atoms with Crippen molar-refractivity contribution < 1.29 is 0 Å². The number of thiophene rings is 1. The van der Waals surface area contributed by atoms with Crippen LogP contribution in [0.15, 0.2) is 35.0 Å². The number of fused-ring (bicyclic) bond motifs is 1. The summed E-state index contributed by atoms with van der Waals surface area (Å²) in [5, 5.41) is 4.24. The summed E-state index contributed by atoms with van der Waals surface area (Å²) < 4.78 is 2.31. The van der Waals surface area contributed by atoms with Crippen LogP contribution in [0.3, 0.4) is 0 Å². The molecule has 3 aromatic rings. The van der Waals surface area contributed by atoms with Gasteiger partial charge in [-0.2, -0.15) is 11.3 Å². The minimum absolute atomic E-state index is 0.0176. The number of nitrogens with two attached hydrogens (primary N) is 1. The van der Waals surface area contributed by atoms with Gasteiger partial charge in [0.1, 0.15) is 5.82 Å². The van der Waals surface area contributed by atoms with Crippen LogP contribution >= 0.6 is 11.3 Å². The highest BCUT2D eigenvalue weighted by Crippen LogP contribution is 2.32. The summed E-state index contributed by atoms with van der Waals surface area (Å²) in [6.07, 6.45) is 0. The molecule has 1 aromatic carbocycles. The predicted molar refractivity (Wildman–Crippen MR) is 85.9 cm³/mol. The first-order chi connectivity index (χ1) is 9.50. The van der Waals surface area contributed by atoms with Crippen LogP contribution in [0.25, 0.3) is 22.4 Å². The molecule has 0 bridgehead atoms. The molecule has 0 radical (unpaired) electrons. The Labute approximate surface area is 123 Å². The second-order valence-corrected chi connectivity index (χ2v) is 6.76. The van der Waals surface area contributed by atoms with Crippen LogP contribution < -0.4 is 5.73 Å². The third-order valence-corrected chi connectivity index (χ3v) is 4.09. The number of rotatable bonds is 2. The predicted octanol–water partition coefficient (Wildman–Crippen LogP) is 3.98. The molecule has 0 fully saturated rings. The summed E-state index contributed by atoms with van der Waals surface area (Å²) in [7, 11) is 0. The zero-order chi connectivity index (χ0) is 14.3. The third kappa shape index (κ3) is 2.15. The fourth-order valence-electron chi connectivity index (χ4n) is 2.52. The Bertz CT molecular complexity index is 733. The van der Waals surface area contributed by atoms with Gasteiger partial charge in [0.2, 0.25) is 0 Å². The number of hydrogen-bond acceptors (Lipinski definition) is 3. The maximum Gasteiger partial charge on any atom is 0.142 e. The van der Waals surface area contributed by atoms with E-state index in [-0.39, 0.29) is 5.54 Å². The highest BCUT2D eigenvalue weighted by molar-refractivity contribution is 7.08. The zero-order valence-electron chi connectivity index (χ0n) is 12.1. The lowest BCUT2D eigenvalue weighted by Crippen LogP contribution is -2.22. The lowest BCUT2D eigenvalue weighted by Gasteiger charge is -2.24. The summed E-state index contributed by atoms with van der Waals surface area (Å²) >= 11 is 1.70. The lowest BCUT2D eigenvalue weighted by atomic mass is 10.1. The van der Waals surface area contributed by atoms with E-state index in [1.54, 1.807) is 11.3 Å². The molecule has 2 N–H and O–H groups in total. The van der Waals surface area contributed by atoms with Gasteiger partial charge in [-0.15, -0.1) is 0 Å². The van der Waals surface area contributed by atoms with Gasteiger partial charge in [0.15, 0.2) is 0 Å². The van der Waals surface area contributed by atoms with E-state index in [9.17, 15) is 0 Å². The first-order valence-corrected chi connectivity index (χ1v) is 7.69. The molecule has 0 amide bonds. The third-order valence-electron chi connectivity index (χ3n) is 3.40. The molecule has 4 heteroatoms. The second-order valence-electron chi connectivity index (χ2n) is 5.98. The molecule has 104 valence electrons. The quantitative estimate of drug-likeness (QED) is 0.774. The van der Waals surface area contributed by atoms with Gasteiger partial charge in [0, 0.05) is 23.0 Å². The highest BCUT2D eigenvalue weighted by Gasteiger charge is 2.22. The van der Waals surface area contributed by atoms with Crippen LogP contribution in [0.1, 0.15) is 26.3 Å². The van der Waals surface area contributed by atoms with Crippen LogP contribution in [0.5, 0.6) is 0 Å². The Hall–Kier alpha value is -1.65. The molecule has 20 heavy (non-hydrogen) atoms. The standard InChI is InChI=1S/C16H19N3S/c1-16(2,3)19-14-5-4-11(9-17)8-13(14)18-15(19)12-6-7-20-10-12/h4-8,10H,9,17H2,1-3H3. The molecule has 3 nitrogen and oxygen atoms in total. The molecule has 0 aliphatic carbocycles. The van der Waals surface area contributed by atoms with Gasteiger partial charge in [-0.3, -0.25) is 0 Å². The summed E-state index contributed by atoms with van der Waals surface area (Å²) in [4.78, 5) is 4.84. The Morgan fingerprint density at radius 3 is 2.65 bits per heavy atom. The van der Waals surface area contributed by atoms with Crippen LogP contribution in [0.4, 0.5) is 0 Å². The molecule has 2 aromatic heterocycles. The number of aromatic nitrogens is 2. The van der Waals surface area contributed by atoms with E-state index in [4.69, 9.17) is 10.7 Å².